The molecule has 1 N–H and O–H groups in total. The fraction of sp³-hybridized carbons (Fsp3) is 0.235. The smallest absolute Gasteiger partial charge is 0.159 e. The van der Waals surface area contributed by atoms with Gasteiger partial charge in [-0.15, -0.1) is 0 Å². The molecule has 6 heteroatoms. The molecule has 0 aliphatic carbocycles. The van der Waals surface area contributed by atoms with Crippen LogP contribution >= 0.6 is 11.6 Å². The first kappa shape index (κ1) is 14.4. The van der Waals surface area contributed by atoms with E-state index in [1.54, 1.807) is 6.20 Å². The van der Waals surface area contributed by atoms with Gasteiger partial charge in [0.25, 0.3) is 0 Å². The number of nitrogens with one attached hydrogen (secondary N) is 1. The summed E-state index contributed by atoms with van der Waals surface area (Å²) in [5.74, 6) is 0.800. The van der Waals surface area contributed by atoms with Crippen molar-refractivity contribution in [3.63, 3.8) is 0 Å². The fourth-order valence-electron chi connectivity index (χ4n) is 2.87. The van der Waals surface area contributed by atoms with E-state index in [0.717, 1.165) is 48.8 Å². The second kappa shape index (κ2) is 6.10. The molecule has 0 radical (unpaired) electrons. The maximum atomic E-state index is 6.10. The SMILES string of the molecule is Clc1cn[nH]c1CN1CCc2nc(-c3ccccc3)ncc2C1. The lowest BCUT2D eigenvalue weighted by atomic mass is 10.1. The number of aromatic amines is 1. The molecule has 0 unspecified atom stereocenters. The van der Waals surface area contributed by atoms with E-state index in [1.807, 2.05) is 36.5 Å². The molecule has 0 amide bonds. The number of nitrogens with zero attached hydrogens (tertiary/aromatic N) is 4. The Morgan fingerprint density at radius 3 is 2.83 bits per heavy atom. The highest BCUT2D eigenvalue weighted by Gasteiger charge is 2.20. The molecule has 5 nitrogen and oxygen atoms in total. The first-order valence-corrected chi connectivity index (χ1v) is 7.98. The predicted molar refractivity (Wildman–Crippen MR) is 88.9 cm³/mol. The van der Waals surface area contributed by atoms with Crippen molar-refractivity contribution in [1.29, 1.82) is 0 Å². The van der Waals surface area contributed by atoms with Crippen LogP contribution in [0.25, 0.3) is 11.4 Å². The lowest BCUT2D eigenvalue weighted by Gasteiger charge is -2.27. The van der Waals surface area contributed by atoms with E-state index in [0.29, 0.717) is 5.02 Å². The average molecular weight is 326 g/mol. The lowest BCUT2D eigenvalue weighted by Crippen LogP contribution is -2.31. The molecule has 0 atom stereocenters. The number of halogens is 1. The average Bonchev–Trinajstić information content (AvgIpc) is 3.00. The normalized spacial score (nSPS) is 14.7. The van der Waals surface area contributed by atoms with Crippen LogP contribution in [0.5, 0.6) is 0 Å². The topological polar surface area (TPSA) is 57.7 Å². The summed E-state index contributed by atoms with van der Waals surface area (Å²) in [7, 11) is 0. The number of rotatable bonds is 3. The molecule has 116 valence electrons. The highest BCUT2D eigenvalue weighted by atomic mass is 35.5. The van der Waals surface area contributed by atoms with E-state index < -0.39 is 0 Å². The molecule has 3 heterocycles. The molecule has 23 heavy (non-hydrogen) atoms. The van der Waals surface area contributed by atoms with Gasteiger partial charge in [0.2, 0.25) is 0 Å². The standard InChI is InChI=1S/C17H16ClN5/c18-14-9-20-22-16(14)11-23-7-6-15-13(10-23)8-19-17(21-15)12-4-2-1-3-5-12/h1-5,8-9H,6-7,10-11H2,(H,20,22). The second-order valence-corrected chi connectivity index (χ2v) is 6.10. The van der Waals surface area contributed by atoms with Gasteiger partial charge in [0.05, 0.1) is 22.6 Å². The Kier molecular flexibility index (Phi) is 3.81. The Morgan fingerprint density at radius 1 is 1.17 bits per heavy atom. The van der Waals surface area contributed by atoms with Gasteiger partial charge in [-0.2, -0.15) is 5.10 Å². The number of aromatic nitrogens is 4. The maximum Gasteiger partial charge on any atom is 0.159 e. The van der Waals surface area contributed by atoms with Gasteiger partial charge >= 0.3 is 0 Å². The molecule has 0 saturated carbocycles. The summed E-state index contributed by atoms with van der Waals surface area (Å²) < 4.78 is 0. The molecular formula is C17H16ClN5. The van der Waals surface area contributed by atoms with Crippen LogP contribution in [-0.4, -0.2) is 31.6 Å². The van der Waals surface area contributed by atoms with Crippen molar-refractivity contribution in [2.75, 3.05) is 6.54 Å². The maximum absolute atomic E-state index is 6.10. The zero-order valence-electron chi connectivity index (χ0n) is 12.5. The lowest BCUT2D eigenvalue weighted by molar-refractivity contribution is 0.240. The first-order valence-electron chi connectivity index (χ1n) is 7.60. The van der Waals surface area contributed by atoms with Crippen molar-refractivity contribution >= 4 is 11.6 Å². The van der Waals surface area contributed by atoms with Crippen LogP contribution in [0.15, 0.2) is 42.7 Å². The van der Waals surface area contributed by atoms with E-state index >= 15 is 0 Å². The largest absolute Gasteiger partial charge is 0.293 e. The third-order valence-electron chi connectivity index (χ3n) is 4.09. The Bertz CT molecular complexity index is 815. The van der Waals surface area contributed by atoms with Crippen molar-refractivity contribution in [3.8, 4) is 11.4 Å². The van der Waals surface area contributed by atoms with Crippen LogP contribution in [-0.2, 0) is 19.5 Å². The number of hydrogen-bond donors (Lipinski definition) is 1. The van der Waals surface area contributed by atoms with Crippen molar-refractivity contribution < 1.29 is 0 Å². The van der Waals surface area contributed by atoms with Gasteiger partial charge in [-0.1, -0.05) is 41.9 Å². The number of H-pyrrole nitrogens is 1. The van der Waals surface area contributed by atoms with Gasteiger partial charge in [-0.05, 0) is 0 Å². The summed E-state index contributed by atoms with van der Waals surface area (Å²) in [6, 6.07) is 10.1. The Balaban J connectivity index is 1.53. The van der Waals surface area contributed by atoms with Crippen LogP contribution in [0, 0.1) is 0 Å². The number of fused-ring (bicyclic) bond motifs is 1. The van der Waals surface area contributed by atoms with Crippen LogP contribution in [0.3, 0.4) is 0 Å². The Morgan fingerprint density at radius 2 is 2.04 bits per heavy atom. The molecule has 0 fully saturated rings. The minimum atomic E-state index is 0.687. The third-order valence-corrected chi connectivity index (χ3v) is 4.42. The van der Waals surface area contributed by atoms with Crippen molar-refractivity contribution in [2.24, 2.45) is 0 Å². The zero-order chi connectivity index (χ0) is 15.6. The molecule has 0 spiro atoms. The zero-order valence-corrected chi connectivity index (χ0v) is 13.3. The van der Waals surface area contributed by atoms with Crippen LogP contribution in [0.4, 0.5) is 0 Å². The summed E-state index contributed by atoms with van der Waals surface area (Å²) >= 11 is 6.10. The van der Waals surface area contributed by atoms with Gasteiger partial charge in [-0.3, -0.25) is 10.00 Å². The Hall–Kier alpha value is -2.24. The van der Waals surface area contributed by atoms with E-state index in [9.17, 15) is 0 Å². The molecule has 1 aliphatic rings. The van der Waals surface area contributed by atoms with Crippen LogP contribution in [0.2, 0.25) is 5.02 Å². The summed E-state index contributed by atoms with van der Waals surface area (Å²) in [5, 5.41) is 7.61. The van der Waals surface area contributed by atoms with E-state index in [2.05, 4.69) is 20.1 Å². The second-order valence-electron chi connectivity index (χ2n) is 5.69. The van der Waals surface area contributed by atoms with Crippen molar-refractivity contribution in [3.05, 3.63) is 64.7 Å². The minimum Gasteiger partial charge on any atom is -0.293 e. The highest BCUT2D eigenvalue weighted by Crippen LogP contribution is 2.23. The number of benzene rings is 1. The number of hydrogen-bond acceptors (Lipinski definition) is 4. The monoisotopic (exact) mass is 325 g/mol. The van der Waals surface area contributed by atoms with Gasteiger partial charge in [-0.25, -0.2) is 9.97 Å². The minimum absolute atomic E-state index is 0.687. The molecule has 0 saturated heterocycles. The molecule has 3 aromatic rings. The van der Waals surface area contributed by atoms with Gasteiger partial charge in [0.15, 0.2) is 5.82 Å². The van der Waals surface area contributed by atoms with Crippen LogP contribution in [0.1, 0.15) is 17.0 Å². The van der Waals surface area contributed by atoms with Gasteiger partial charge < -0.3 is 0 Å². The van der Waals surface area contributed by atoms with Gasteiger partial charge in [0.1, 0.15) is 0 Å². The molecule has 0 bridgehead atoms. The van der Waals surface area contributed by atoms with Crippen molar-refractivity contribution in [2.45, 2.75) is 19.5 Å². The van der Waals surface area contributed by atoms with Crippen LogP contribution < -0.4 is 0 Å². The molecule has 1 aliphatic heterocycles. The van der Waals surface area contributed by atoms with E-state index in [1.165, 1.54) is 5.56 Å². The van der Waals surface area contributed by atoms with E-state index in [4.69, 9.17) is 16.6 Å². The highest BCUT2D eigenvalue weighted by molar-refractivity contribution is 6.31. The summed E-state index contributed by atoms with van der Waals surface area (Å²) in [4.78, 5) is 11.6. The molecule has 1 aromatic carbocycles. The molecule has 2 aromatic heterocycles. The van der Waals surface area contributed by atoms with Crippen molar-refractivity contribution in [1.82, 2.24) is 25.1 Å². The first-order chi connectivity index (χ1) is 11.3. The van der Waals surface area contributed by atoms with Gasteiger partial charge in [0, 0.05) is 43.4 Å². The molecule has 4 rings (SSSR count). The van der Waals surface area contributed by atoms with E-state index in [-0.39, 0.29) is 0 Å². The molecular weight excluding hydrogens is 310 g/mol. The summed E-state index contributed by atoms with van der Waals surface area (Å²) in [5.41, 5.74) is 4.34. The summed E-state index contributed by atoms with van der Waals surface area (Å²) in [6.45, 7) is 2.55. The predicted octanol–water partition coefficient (Wildman–Crippen LogP) is 3.08. The fourth-order valence-corrected chi connectivity index (χ4v) is 3.02. The Labute approximate surface area is 139 Å². The third kappa shape index (κ3) is 2.98. The quantitative estimate of drug-likeness (QED) is 0.804. The summed E-state index contributed by atoms with van der Waals surface area (Å²) in [6.07, 6.45) is 4.51.